The van der Waals surface area contributed by atoms with Crippen LogP contribution in [0.15, 0.2) is 41.8 Å². The number of nitrogens with zero attached hydrogens (tertiary/aromatic N) is 1. The van der Waals surface area contributed by atoms with Gasteiger partial charge in [0, 0.05) is 20.0 Å². The Labute approximate surface area is 262 Å². The summed E-state index contributed by atoms with van der Waals surface area (Å²) in [7, 11) is 1.45. The second-order valence-corrected chi connectivity index (χ2v) is 11.6. The Hall–Kier alpha value is -4.86. The second-order valence-electron chi connectivity index (χ2n) is 11.6. The number of aldehydes is 1. The van der Waals surface area contributed by atoms with E-state index >= 15 is 0 Å². The van der Waals surface area contributed by atoms with Gasteiger partial charge in [-0.25, -0.2) is 4.79 Å². The summed E-state index contributed by atoms with van der Waals surface area (Å²) in [6.45, 7) is 4.90. The first-order valence-electron chi connectivity index (χ1n) is 14.3. The van der Waals surface area contributed by atoms with Crippen molar-refractivity contribution in [3.63, 3.8) is 0 Å². The number of nitrogens with one attached hydrogen (secondary N) is 2. The number of ketones is 1. The van der Waals surface area contributed by atoms with Crippen molar-refractivity contribution in [3.05, 3.63) is 52.9 Å². The van der Waals surface area contributed by atoms with Crippen molar-refractivity contribution >= 4 is 46.5 Å². The Morgan fingerprint density at radius 2 is 1.93 bits per heavy atom. The van der Waals surface area contributed by atoms with Crippen LogP contribution in [0.3, 0.4) is 0 Å². The van der Waals surface area contributed by atoms with Gasteiger partial charge < -0.3 is 39.4 Å². The molecule has 6 atom stereocenters. The van der Waals surface area contributed by atoms with Gasteiger partial charge in [-0.15, -0.1) is 0 Å². The molecule has 2 aromatic carbocycles. The highest BCUT2D eigenvalue weighted by Crippen LogP contribution is 2.42. The van der Waals surface area contributed by atoms with E-state index in [1.165, 1.54) is 31.9 Å². The number of allylic oxidation sites excluding steroid dienone is 1. The molecule has 1 spiro atoms. The molecule has 3 aliphatic rings. The standard InChI is InChI=1S/C31H33N3O12/c1-14-7-6-8-18-19(14)9-17(43-5)10-20(18)26(40)32-13-30(4)24(39)28(41)45-31(46-30)25(23(38)22-11-34(22)16(3)37)44-27(33-29(31)42)21(12-35)15(2)36/h6-10,12,22-25,38-39H,11,13H2,1-5H3,(H,32,40)(H,33,42)/t22-,23-,24?,25+,30-,31?,34?/m1/s1. The summed E-state index contributed by atoms with van der Waals surface area (Å²) in [5.74, 6) is -7.43. The zero-order valence-electron chi connectivity index (χ0n) is 25.6. The van der Waals surface area contributed by atoms with E-state index in [0.29, 0.717) is 11.1 Å². The highest BCUT2D eigenvalue weighted by Gasteiger charge is 2.69. The van der Waals surface area contributed by atoms with E-state index in [4.69, 9.17) is 18.9 Å². The SMILES string of the molecule is COc1cc(C(=O)NC[C@@]2(C)OC3(OC(=O)C2O)C(=O)NC(=C(C=O)C(C)=O)O[C@H]3[C@H](O)[C@H]2CN2C(C)=O)c2cccc(C)c2c1. The number of carbonyl (C=O) groups excluding carboxylic acids is 6. The first-order chi connectivity index (χ1) is 21.7. The summed E-state index contributed by atoms with van der Waals surface area (Å²) in [6.07, 6.45) is -5.59. The molecular formula is C31H33N3O12. The van der Waals surface area contributed by atoms with E-state index in [1.54, 1.807) is 18.2 Å². The summed E-state index contributed by atoms with van der Waals surface area (Å²) in [5, 5.41) is 28.4. The predicted octanol–water partition coefficient (Wildman–Crippen LogP) is -0.618. The van der Waals surface area contributed by atoms with Crippen LogP contribution in [0.4, 0.5) is 0 Å². The van der Waals surface area contributed by atoms with Crippen molar-refractivity contribution in [1.29, 1.82) is 0 Å². The van der Waals surface area contributed by atoms with Gasteiger partial charge in [-0.2, -0.15) is 0 Å². The number of fused-ring (bicyclic) bond motifs is 1. The molecule has 3 saturated heterocycles. The number of Topliss-reactive ketones (excluding diaryl/α,β-unsaturated/α-hetero) is 1. The Morgan fingerprint density at radius 3 is 2.54 bits per heavy atom. The van der Waals surface area contributed by atoms with Crippen LogP contribution in [0.25, 0.3) is 10.8 Å². The summed E-state index contributed by atoms with van der Waals surface area (Å²) >= 11 is 0. The van der Waals surface area contributed by atoms with Gasteiger partial charge in [0.05, 0.1) is 18.7 Å². The summed E-state index contributed by atoms with van der Waals surface area (Å²) in [6, 6.07) is 7.78. The van der Waals surface area contributed by atoms with E-state index in [-0.39, 0.29) is 18.4 Å². The third kappa shape index (κ3) is 5.46. The molecule has 0 aliphatic carbocycles. The third-order valence-electron chi connectivity index (χ3n) is 8.37. The van der Waals surface area contributed by atoms with Gasteiger partial charge in [0.15, 0.2) is 18.2 Å². The van der Waals surface area contributed by atoms with Crippen molar-refractivity contribution < 1.29 is 57.9 Å². The van der Waals surface area contributed by atoms with Crippen LogP contribution in [-0.4, -0.2) is 107 Å². The van der Waals surface area contributed by atoms with Crippen LogP contribution in [-0.2, 0) is 38.2 Å². The number of aliphatic hydroxyl groups excluding tert-OH is 2. The molecule has 244 valence electrons. The maximum atomic E-state index is 13.7. The molecule has 0 radical (unpaired) electrons. The Balaban J connectivity index is 1.50. The zero-order valence-corrected chi connectivity index (χ0v) is 25.6. The number of benzene rings is 2. The number of aliphatic hydroxyl groups is 2. The molecule has 15 heteroatoms. The number of methoxy groups -OCH3 is 1. The fraction of sp³-hybridized carbons (Fsp3) is 0.419. The number of hydrogen-bond donors (Lipinski definition) is 4. The van der Waals surface area contributed by atoms with Crippen LogP contribution in [0.2, 0.25) is 0 Å². The first kappa shape index (κ1) is 32.5. The van der Waals surface area contributed by atoms with Crippen molar-refractivity contribution in [2.75, 3.05) is 20.2 Å². The molecule has 5 rings (SSSR count). The van der Waals surface area contributed by atoms with Gasteiger partial charge in [-0.3, -0.25) is 29.3 Å². The zero-order chi connectivity index (χ0) is 33.7. The molecule has 2 aromatic rings. The number of esters is 1. The molecular weight excluding hydrogens is 606 g/mol. The molecule has 2 unspecified atom stereocenters. The first-order valence-corrected chi connectivity index (χ1v) is 14.3. The topological polar surface area (TPSA) is 207 Å². The fourth-order valence-electron chi connectivity index (χ4n) is 5.67. The van der Waals surface area contributed by atoms with E-state index in [2.05, 4.69) is 10.6 Å². The lowest BCUT2D eigenvalue weighted by molar-refractivity contribution is -0.348. The number of hydrogen-bond acceptors (Lipinski definition) is 12. The molecule has 46 heavy (non-hydrogen) atoms. The maximum absolute atomic E-state index is 13.7. The van der Waals surface area contributed by atoms with Crippen LogP contribution >= 0.6 is 0 Å². The molecule has 0 bridgehead atoms. The van der Waals surface area contributed by atoms with E-state index < -0.39 is 83.2 Å². The lowest BCUT2D eigenvalue weighted by Crippen LogP contribution is -2.75. The minimum Gasteiger partial charge on any atom is -0.497 e. The van der Waals surface area contributed by atoms with Crippen LogP contribution in [0, 0.1) is 6.92 Å². The fourth-order valence-corrected chi connectivity index (χ4v) is 5.67. The van der Waals surface area contributed by atoms with Gasteiger partial charge in [0.25, 0.3) is 5.91 Å². The van der Waals surface area contributed by atoms with Gasteiger partial charge >= 0.3 is 17.7 Å². The predicted molar refractivity (Wildman–Crippen MR) is 156 cm³/mol. The quantitative estimate of drug-likeness (QED) is 0.0712. The summed E-state index contributed by atoms with van der Waals surface area (Å²) < 4.78 is 22.5. The smallest absolute Gasteiger partial charge is 0.341 e. The minimum atomic E-state index is -2.80. The summed E-state index contributed by atoms with van der Waals surface area (Å²) in [4.78, 5) is 77.4. The third-order valence-corrected chi connectivity index (χ3v) is 8.37. The van der Waals surface area contributed by atoms with E-state index in [0.717, 1.165) is 17.9 Å². The highest BCUT2D eigenvalue weighted by molar-refractivity contribution is 6.11. The molecule has 3 heterocycles. The largest absolute Gasteiger partial charge is 0.497 e. The molecule has 3 aliphatic heterocycles. The summed E-state index contributed by atoms with van der Waals surface area (Å²) in [5.41, 5.74) is -1.55. The maximum Gasteiger partial charge on any atom is 0.341 e. The number of amides is 3. The van der Waals surface area contributed by atoms with Gasteiger partial charge in [-0.05, 0) is 49.2 Å². The molecule has 0 saturated carbocycles. The van der Waals surface area contributed by atoms with E-state index in [9.17, 15) is 39.0 Å². The van der Waals surface area contributed by atoms with Gasteiger partial charge in [0.1, 0.15) is 23.0 Å². The molecule has 0 aromatic heterocycles. The molecule has 3 amide bonds. The number of rotatable bonds is 8. The molecule has 4 N–H and O–H groups in total. The molecule has 15 nitrogen and oxygen atoms in total. The highest BCUT2D eigenvalue weighted by atomic mass is 16.8. The van der Waals surface area contributed by atoms with Crippen molar-refractivity contribution in [3.8, 4) is 5.75 Å². The normalized spacial score (nSPS) is 28.8. The number of carbonyl (C=O) groups is 6. The van der Waals surface area contributed by atoms with Crippen LogP contribution < -0.4 is 15.4 Å². The second kappa shape index (κ2) is 11.8. The van der Waals surface area contributed by atoms with Gasteiger partial charge in [0.2, 0.25) is 17.9 Å². The van der Waals surface area contributed by atoms with Crippen molar-refractivity contribution in [2.24, 2.45) is 0 Å². The lowest BCUT2D eigenvalue weighted by Gasteiger charge is -2.51. The minimum absolute atomic E-state index is 0.0538. The average molecular weight is 640 g/mol. The van der Waals surface area contributed by atoms with E-state index in [1.807, 2.05) is 13.0 Å². The number of ether oxygens (including phenoxy) is 4. The van der Waals surface area contributed by atoms with Crippen molar-refractivity contribution in [1.82, 2.24) is 15.5 Å². The van der Waals surface area contributed by atoms with Crippen LogP contribution in [0.5, 0.6) is 5.75 Å². The molecule has 3 fully saturated rings. The average Bonchev–Trinajstić information content (AvgIpc) is 3.82. The lowest BCUT2D eigenvalue weighted by atomic mass is 9.91. The van der Waals surface area contributed by atoms with Crippen molar-refractivity contribution in [2.45, 2.75) is 63.4 Å². The van der Waals surface area contributed by atoms with Gasteiger partial charge in [-0.1, -0.05) is 18.2 Å². The Morgan fingerprint density at radius 1 is 1.22 bits per heavy atom. The monoisotopic (exact) mass is 639 g/mol. The Kier molecular flexibility index (Phi) is 8.36. The number of aryl methyl sites for hydroxylation is 1. The Bertz CT molecular complexity index is 1700. The van der Waals surface area contributed by atoms with Crippen LogP contribution in [0.1, 0.15) is 36.7 Å².